The van der Waals surface area contributed by atoms with E-state index in [1.165, 1.54) is 11.1 Å². The van der Waals surface area contributed by atoms with Crippen molar-refractivity contribution in [1.29, 1.82) is 0 Å². The van der Waals surface area contributed by atoms with Gasteiger partial charge in [0.1, 0.15) is 11.9 Å². The number of fused-ring (bicyclic) bond motifs is 1. The Morgan fingerprint density at radius 3 is 2.90 bits per heavy atom. The second-order valence-corrected chi connectivity index (χ2v) is 8.47. The second kappa shape index (κ2) is 8.65. The number of aromatic nitrogens is 2. The number of carbonyl (C=O) groups excluding carboxylic acids is 1. The predicted molar refractivity (Wildman–Crippen MR) is 124 cm³/mol. The van der Waals surface area contributed by atoms with Gasteiger partial charge in [0, 0.05) is 38.9 Å². The molecule has 1 aromatic heterocycles. The van der Waals surface area contributed by atoms with E-state index < -0.39 is 0 Å². The second-order valence-electron chi connectivity index (χ2n) is 8.47. The maximum absolute atomic E-state index is 12.7. The van der Waals surface area contributed by atoms with Crippen LogP contribution in [0.2, 0.25) is 0 Å². The summed E-state index contributed by atoms with van der Waals surface area (Å²) in [6.45, 7) is 3.05. The van der Waals surface area contributed by atoms with E-state index in [0.717, 1.165) is 68.0 Å². The summed E-state index contributed by atoms with van der Waals surface area (Å²) in [5.74, 6) is 1.22. The van der Waals surface area contributed by atoms with Crippen LogP contribution in [-0.4, -0.2) is 52.7 Å². The van der Waals surface area contributed by atoms with E-state index in [9.17, 15) is 4.79 Å². The van der Waals surface area contributed by atoms with Gasteiger partial charge < -0.3 is 14.8 Å². The minimum atomic E-state index is -0.0773. The fourth-order valence-electron chi connectivity index (χ4n) is 4.66. The molecule has 5 rings (SSSR count). The average molecular weight is 416 g/mol. The third-order valence-electron chi connectivity index (χ3n) is 6.37. The lowest BCUT2D eigenvalue weighted by molar-refractivity contribution is -0.132. The Morgan fingerprint density at radius 1 is 1.16 bits per heavy atom. The van der Waals surface area contributed by atoms with Crippen LogP contribution in [0.4, 0.5) is 0 Å². The molecule has 160 valence electrons. The normalized spacial score (nSPS) is 19.5. The van der Waals surface area contributed by atoms with Crippen LogP contribution in [0.15, 0.2) is 60.2 Å². The van der Waals surface area contributed by atoms with E-state index in [1.54, 1.807) is 0 Å². The lowest BCUT2D eigenvalue weighted by atomic mass is 10.00. The van der Waals surface area contributed by atoms with Crippen LogP contribution < -0.4 is 10.6 Å². The molecule has 2 aromatic carbocycles. The van der Waals surface area contributed by atoms with Gasteiger partial charge in [0.2, 0.25) is 5.91 Å². The summed E-state index contributed by atoms with van der Waals surface area (Å²) >= 11 is 0. The number of aryl methyl sites for hydroxylation is 1. The molecule has 31 heavy (non-hydrogen) atoms. The summed E-state index contributed by atoms with van der Waals surface area (Å²) in [5, 5.41) is 6.44. The zero-order valence-corrected chi connectivity index (χ0v) is 18.0. The van der Waals surface area contributed by atoms with E-state index in [4.69, 9.17) is 4.98 Å². The van der Waals surface area contributed by atoms with Gasteiger partial charge in [-0.25, -0.2) is 4.98 Å². The highest BCUT2D eigenvalue weighted by atomic mass is 16.2. The fraction of sp³-hybridized carbons (Fsp3) is 0.360. The Morgan fingerprint density at radius 2 is 2.06 bits per heavy atom. The van der Waals surface area contributed by atoms with Crippen molar-refractivity contribution >= 4 is 16.9 Å². The van der Waals surface area contributed by atoms with Gasteiger partial charge in [-0.3, -0.25) is 10.1 Å². The molecule has 6 nitrogen and oxygen atoms in total. The summed E-state index contributed by atoms with van der Waals surface area (Å²) < 4.78 is 2.16. The molecule has 0 aliphatic carbocycles. The quantitative estimate of drug-likeness (QED) is 0.644. The smallest absolute Gasteiger partial charge is 0.241 e. The number of hydrogen-bond acceptors (Lipinski definition) is 4. The van der Waals surface area contributed by atoms with Crippen molar-refractivity contribution in [1.82, 2.24) is 25.1 Å². The minimum Gasteiger partial charge on any atom is -0.341 e. The van der Waals surface area contributed by atoms with E-state index in [0.29, 0.717) is 0 Å². The highest BCUT2D eigenvalue weighted by molar-refractivity contribution is 5.82. The van der Waals surface area contributed by atoms with E-state index in [-0.39, 0.29) is 11.9 Å². The lowest BCUT2D eigenvalue weighted by Crippen LogP contribution is -2.45. The van der Waals surface area contributed by atoms with Gasteiger partial charge >= 0.3 is 0 Å². The van der Waals surface area contributed by atoms with E-state index in [2.05, 4.69) is 70.8 Å². The van der Waals surface area contributed by atoms with Gasteiger partial charge in [-0.1, -0.05) is 42.0 Å². The zero-order valence-electron chi connectivity index (χ0n) is 18.0. The third kappa shape index (κ3) is 4.13. The monoisotopic (exact) mass is 415 g/mol. The molecule has 3 aromatic rings. The molecule has 1 saturated heterocycles. The Hall–Kier alpha value is -2.96. The maximum Gasteiger partial charge on any atom is 0.241 e. The van der Waals surface area contributed by atoms with Gasteiger partial charge in [-0.15, -0.1) is 0 Å². The standard InChI is InChI=1S/C25H29N5O/c1-29-23-10-3-2-9-21(23)28-24(29)20-8-4-6-19(15-20)14-18-7-5-12-30(13-11-18)25(31)22-16-26-17-27-22/h2-4,6-10,15,22,26-27H,5,11-14,16-17H2,1H3/t22-/m0/s1. The number of hydrogen-bond donors (Lipinski definition) is 2. The molecule has 0 bridgehead atoms. The number of benzene rings is 2. The number of imidazole rings is 1. The van der Waals surface area contributed by atoms with Crippen LogP contribution in [0.25, 0.3) is 22.4 Å². The van der Waals surface area contributed by atoms with E-state index in [1.807, 2.05) is 11.0 Å². The third-order valence-corrected chi connectivity index (χ3v) is 6.37. The van der Waals surface area contributed by atoms with Gasteiger partial charge in [0.05, 0.1) is 11.0 Å². The van der Waals surface area contributed by atoms with Crippen molar-refractivity contribution in [3.8, 4) is 11.4 Å². The van der Waals surface area contributed by atoms with Gasteiger partial charge in [0.15, 0.2) is 0 Å². The molecule has 0 radical (unpaired) electrons. The van der Waals surface area contributed by atoms with Gasteiger partial charge in [-0.05, 0) is 43.0 Å². The van der Waals surface area contributed by atoms with Crippen LogP contribution in [0.3, 0.4) is 0 Å². The molecular weight excluding hydrogens is 386 g/mol. The summed E-state index contributed by atoms with van der Waals surface area (Å²) in [6, 6.07) is 16.9. The first-order valence-electron chi connectivity index (χ1n) is 11.1. The van der Waals surface area contributed by atoms with Crippen molar-refractivity contribution in [2.24, 2.45) is 7.05 Å². The van der Waals surface area contributed by atoms with Crippen LogP contribution in [-0.2, 0) is 18.3 Å². The Labute approximate surface area is 183 Å². The van der Waals surface area contributed by atoms with Crippen LogP contribution in [0.1, 0.15) is 18.4 Å². The first-order valence-corrected chi connectivity index (χ1v) is 11.1. The lowest BCUT2D eigenvalue weighted by Gasteiger charge is -2.23. The summed E-state index contributed by atoms with van der Waals surface area (Å²) in [4.78, 5) is 19.6. The minimum absolute atomic E-state index is 0.0773. The Balaban J connectivity index is 1.29. The summed E-state index contributed by atoms with van der Waals surface area (Å²) in [7, 11) is 2.07. The molecule has 1 fully saturated rings. The molecule has 2 aliphatic heterocycles. The topological polar surface area (TPSA) is 62.2 Å². The number of amides is 1. The molecule has 0 spiro atoms. The molecule has 1 atom stereocenters. The summed E-state index contributed by atoms with van der Waals surface area (Å²) in [5.41, 5.74) is 6.01. The van der Waals surface area contributed by atoms with Crippen molar-refractivity contribution in [2.45, 2.75) is 25.3 Å². The number of nitrogens with zero attached hydrogens (tertiary/aromatic N) is 3. The molecule has 2 N–H and O–H groups in total. The number of carbonyl (C=O) groups is 1. The summed E-state index contributed by atoms with van der Waals surface area (Å²) in [6.07, 6.45) is 5.10. The molecular formula is C25H29N5O. The van der Waals surface area contributed by atoms with Crippen molar-refractivity contribution in [2.75, 3.05) is 26.3 Å². The van der Waals surface area contributed by atoms with Crippen molar-refractivity contribution in [3.63, 3.8) is 0 Å². The molecule has 1 amide bonds. The SMILES string of the molecule is Cn1c(-c2cccc(CC3=CCCN(C(=O)[C@@H]4CNCN4)CC3)c2)nc2ccccc21. The van der Waals surface area contributed by atoms with Crippen LogP contribution in [0, 0.1) is 0 Å². The number of rotatable bonds is 4. The highest BCUT2D eigenvalue weighted by Gasteiger charge is 2.27. The molecule has 3 heterocycles. The van der Waals surface area contributed by atoms with Gasteiger partial charge in [-0.2, -0.15) is 0 Å². The molecule has 2 aliphatic rings. The maximum atomic E-state index is 12.7. The number of para-hydroxylation sites is 2. The molecule has 0 unspecified atom stereocenters. The van der Waals surface area contributed by atoms with Crippen molar-refractivity contribution in [3.05, 3.63) is 65.7 Å². The van der Waals surface area contributed by atoms with Crippen molar-refractivity contribution < 1.29 is 4.79 Å². The molecule has 0 saturated carbocycles. The van der Waals surface area contributed by atoms with Crippen LogP contribution in [0.5, 0.6) is 0 Å². The average Bonchev–Trinajstić information content (AvgIpc) is 3.38. The zero-order chi connectivity index (χ0) is 21.2. The fourth-order valence-corrected chi connectivity index (χ4v) is 4.66. The number of nitrogens with one attached hydrogen (secondary N) is 2. The first kappa shape index (κ1) is 20.0. The molecule has 6 heteroatoms. The van der Waals surface area contributed by atoms with E-state index >= 15 is 0 Å². The Bertz CT molecular complexity index is 1130. The highest BCUT2D eigenvalue weighted by Crippen LogP contribution is 2.26. The van der Waals surface area contributed by atoms with Gasteiger partial charge in [0.25, 0.3) is 0 Å². The predicted octanol–water partition coefficient (Wildman–Crippen LogP) is 2.85. The Kier molecular flexibility index (Phi) is 5.57. The first-order chi connectivity index (χ1) is 15.2. The van der Waals surface area contributed by atoms with Crippen LogP contribution >= 0.6 is 0 Å². The largest absolute Gasteiger partial charge is 0.341 e.